The van der Waals surface area contributed by atoms with Crippen molar-refractivity contribution in [3.8, 4) is 0 Å². The van der Waals surface area contributed by atoms with Crippen LogP contribution in [0.5, 0.6) is 0 Å². The Bertz CT molecular complexity index is 1130. The van der Waals surface area contributed by atoms with Crippen LogP contribution >= 0.6 is 34.5 Å². The fourth-order valence-electron chi connectivity index (χ4n) is 2.67. The van der Waals surface area contributed by atoms with Crippen molar-refractivity contribution in [2.75, 3.05) is 7.11 Å². The predicted octanol–water partition coefficient (Wildman–Crippen LogP) is 4.54. The minimum absolute atomic E-state index is 0.114. The summed E-state index contributed by atoms with van der Waals surface area (Å²) in [5, 5.41) is 0.838. The van der Waals surface area contributed by atoms with Gasteiger partial charge in [-0.15, -0.1) is 0 Å². The van der Waals surface area contributed by atoms with E-state index < -0.39 is 5.97 Å². The van der Waals surface area contributed by atoms with Crippen molar-refractivity contribution < 1.29 is 14.3 Å². The third-order valence-electron chi connectivity index (χ3n) is 4.03. The van der Waals surface area contributed by atoms with Crippen LogP contribution in [0.25, 0.3) is 10.2 Å². The maximum Gasteiger partial charge on any atom is 0.325 e. The van der Waals surface area contributed by atoms with Gasteiger partial charge in [-0.3, -0.25) is 9.59 Å². The van der Waals surface area contributed by atoms with Gasteiger partial charge in [0, 0.05) is 10.6 Å². The molecule has 2 aromatic carbocycles. The third kappa shape index (κ3) is 4.08. The van der Waals surface area contributed by atoms with Gasteiger partial charge in [-0.25, -0.2) is 0 Å². The van der Waals surface area contributed by atoms with Crippen molar-refractivity contribution in [1.29, 1.82) is 0 Å². The first kappa shape index (κ1) is 19.6. The van der Waals surface area contributed by atoms with E-state index in [1.165, 1.54) is 18.4 Å². The molecule has 0 saturated heterocycles. The number of fused-ring (bicyclic) bond motifs is 1. The van der Waals surface area contributed by atoms with Crippen molar-refractivity contribution in [1.82, 2.24) is 4.57 Å². The van der Waals surface area contributed by atoms with Crippen LogP contribution < -0.4 is 4.80 Å². The Morgan fingerprint density at radius 3 is 2.63 bits per heavy atom. The molecule has 0 atom stereocenters. The van der Waals surface area contributed by atoms with Gasteiger partial charge in [-0.1, -0.05) is 52.2 Å². The minimum atomic E-state index is -0.471. The number of carbonyl (C=O) groups is 2. The van der Waals surface area contributed by atoms with Crippen LogP contribution in [-0.2, 0) is 16.1 Å². The second kappa shape index (κ2) is 7.84. The van der Waals surface area contributed by atoms with E-state index in [0.717, 1.165) is 15.8 Å². The summed E-state index contributed by atoms with van der Waals surface area (Å²) in [6.07, 6.45) is 0. The molecule has 27 heavy (non-hydrogen) atoms. The van der Waals surface area contributed by atoms with Crippen LogP contribution in [0, 0.1) is 13.8 Å². The highest BCUT2D eigenvalue weighted by Gasteiger charge is 2.16. The molecule has 0 bridgehead atoms. The number of methoxy groups -OCH3 is 1. The summed E-state index contributed by atoms with van der Waals surface area (Å²) < 4.78 is 7.07. The van der Waals surface area contributed by atoms with Crippen LogP contribution in [0.2, 0.25) is 10.0 Å². The Morgan fingerprint density at radius 1 is 1.19 bits per heavy atom. The van der Waals surface area contributed by atoms with E-state index in [-0.39, 0.29) is 12.5 Å². The average Bonchev–Trinajstić information content (AvgIpc) is 2.93. The molecule has 3 rings (SSSR count). The van der Waals surface area contributed by atoms with Gasteiger partial charge in [0.1, 0.15) is 6.54 Å². The molecular weight excluding hydrogens is 407 g/mol. The third-order valence-corrected chi connectivity index (χ3v) is 5.56. The molecule has 0 radical (unpaired) electrons. The van der Waals surface area contributed by atoms with Crippen molar-refractivity contribution in [3.63, 3.8) is 0 Å². The zero-order chi connectivity index (χ0) is 19.7. The average molecular weight is 423 g/mol. The largest absolute Gasteiger partial charge is 0.468 e. The zero-order valence-corrected chi connectivity index (χ0v) is 17.2. The van der Waals surface area contributed by atoms with Crippen molar-refractivity contribution in [2.45, 2.75) is 20.4 Å². The molecule has 0 aliphatic heterocycles. The lowest BCUT2D eigenvalue weighted by Crippen LogP contribution is -2.22. The first-order valence-corrected chi connectivity index (χ1v) is 9.59. The lowest BCUT2D eigenvalue weighted by molar-refractivity contribution is -0.141. The van der Waals surface area contributed by atoms with Crippen LogP contribution in [0.3, 0.4) is 0 Å². The van der Waals surface area contributed by atoms with E-state index in [0.29, 0.717) is 25.9 Å². The number of nitrogens with zero attached hydrogens (tertiary/aromatic N) is 2. The van der Waals surface area contributed by atoms with E-state index in [9.17, 15) is 9.59 Å². The molecule has 140 valence electrons. The van der Waals surface area contributed by atoms with Gasteiger partial charge in [0.2, 0.25) is 0 Å². The van der Waals surface area contributed by atoms with Crippen LogP contribution in [0.1, 0.15) is 21.5 Å². The molecule has 8 heteroatoms. The van der Waals surface area contributed by atoms with Crippen LogP contribution in [-0.4, -0.2) is 23.6 Å². The van der Waals surface area contributed by atoms with E-state index in [1.807, 2.05) is 26.0 Å². The lowest BCUT2D eigenvalue weighted by atomic mass is 10.1. The highest BCUT2D eigenvalue weighted by molar-refractivity contribution is 7.16. The molecule has 3 aromatic rings. The zero-order valence-electron chi connectivity index (χ0n) is 14.9. The van der Waals surface area contributed by atoms with Gasteiger partial charge in [0.25, 0.3) is 5.91 Å². The first-order chi connectivity index (χ1) is 12.8. The SMILES string of the molecule is COC(=O)Cn1c(=NC(=O)c2cc(C)ccc2C)sc2cc(Cl)cc(Cl)c21. The molecule has 0 saturated carbocycles. The molecule has 0 N–H and O–H groups in total. The highest BCUT2D eigenvalue weighted by atomic mass is 35.5. The van der Waals surface area contributed by atoms with Crippen molar-refractivity contribution >= 4 is 56.6 Å². The molecule has 5 nitrogen and oxygen atoms in total. The summed E-state index contributed by atoms with van der Waals surface area (Å²) >= 11 is 13.6. The number of amides is 1. The van der Waals surface area contributed by atoms with Crippen molar-refractivity contribution in [3.05, 3.63) is 61.9 Å². The summed E-state index contributed by atoms with van der Waals surface area (Å²) in [5.74, 6) is -0.857. The monoisotopic (exact) mass is 422 g/mol. The molecule has 0 aliphatic rings. The lowest BCUT2D eigenvalue weighted by Gasteiger charge is -2.06. The number of esters is 1. The van der Waals surface area contributed by atoms with E-state index in [1.54, 1.807) is 22.8 Å². The summed E-state index contributed by atoms with van der Waals surface area (Å²) in [7, 11) is 1.30. The normalized spacial score (nSPS) is 11.8. The van der Waals surface area contributed by atoms with E-state index in [4.69, 9.17) is 27.9 Å². The van der Waals surface area contributed by atoms with Crippen LogP contribution in [0.15, 0.2) is 35.3 Å². The number of rotatable bonds is 3. The fourth-order valence-corrected chi connectivity index (χ4v) is 4.48. The van der Waals surface area contributed by atoms with Gasteiger partial charge in [0.05, 0.1) is 22.3 Å². The second-order valence-electron chi connectivity index (χ2n) is 6.02. The highest BCUT2D eigenvalue weighted by Crippen LogP contribution is 2.29. The second-order valence-corrected chi connectivity index (χ2v) is 7.87. The molecular formula is C19H16Cl2N2O3S. The number of benzene rings is 2. The van der Waals surface area contributed by atoms with Gasteiger partial charge >= 0.3 is 5.97 Å². The Hall–Kier alpha value is -2.15. The Morgan fingerprint density at radius 2 is 1.93 bits per heavy atom. The maximum absolute atomic E-state index is 12.8. The molecule has 0 spiro atoms. The number of halogens is 2. The number of aromatic nitrogens is 1. The maximum atomic E-state index is 12.8. The standard InChI is InChI=1S/C19H16Cl2N2O3S/c1-10-4-5-11(2)13(6-10)18(25)22-19-23(9-16(24)26-3)17-14(21)7-12(20)8-15(17)27-19/h4-8H,9H2,1-3H3. The Kier molecular flexibility index (Phi) is 5.69. The van der Waals surface area contributed by atoms with Crippen molar-refractivity contribution in [2.24, 2.45) is 4.99 Å². The topological polar surface area (TPSA) is 60.7 Å². The van der Waals surface area contributed by atoms with E-state index >= 15 is 0 Å². The van der Waals surface area contributed by atoms with Gasteiger partial charge in [-0.2, -0.15) is 4.99 Å². The van der Waals surface area contributed by atoms with Gasteiger partial charge in [0.15, 0.2) is 4.80 Å². The smallest absolute Gasteiger partial charge is 0.325 e. The van der Waals surface area contributed by atoms with E-state index in [2.05, 4.69) is 4.99 Å². The minimum Gasteiger partial charge on any atom is -0.468 e. The Labute approximate surface area is 169 Å². The number of carbonyl (C=O) groups excluding carboxylic acids is 2. The summed E-state index contributed by atoms with van der Waals surface area (Å²) in [6, 6.07) is 8.92. The molecule has 0 aliphatic carbocycles. The molecule has 1 aromatic heterocycles. The molecule has 1 amide bonds. The van der Waals surface area contributed by atoms with Gasteiger partial charge in [-0.05, 0) is 37.6 Å². The number of aryl methyl sites for hydroxylation is 2. The molecule has 0 unspecified atom stereocenters. The number of hydrogen-bond donors (Lipinski definition) is 0. The molecule has 0 fully saturated rings. The fraction of sp³-hybridized carbons (Fsp3) is 0.211. The molecule has 1 heterocycles. The summed E-state index contributed by atoms with van der Waals surface area (Å²) in [6.45, 7) is 3.65. The number of ether oxygens (including phenoxy) is 1. The predicted molar refractivity (Wildman–Crippen MR) is 108 cm³/mol. The Balaban J connectivity index is 2.23. The first-order valence-electron chi connectivity index (χ1n) is 8.01. The van der Waals surface area contributed by atoms with Crippen LogP contribution in [0.4, 0.5) is 0 Å². The quantitative estimate of drug-likeness (QED) is 0.581. The number of thiazole rings is 1. The number of hydrogen-bond acceptors (Lipinski definition) is 4. The van der Waals surface area contributed by atoms with Gasteiger partial charge < -0.3 is 9.30 Å². The summed E-state index contributed by atoms with van der Waals surface area (Å²) in [5.41, 5.74) is 2.90. The summed E-state index contributed by atoms with van der Waals surface area (Å²) in [4.78, 5) is 29.3.